The van der Waals surface area contributed by atoms with Crippen LogP contribution in [0.4, 0.5) is 4.79 Å². The predicted molar refractivity (Wildman–Crippen MR) is 90.7 cm³/mol. The number of amides is 1. The standard InChI is InChI=1S/C17H32N2O3/c1-6-8-14(9-10-15(20)11-18)13(7-2)12-19-16(21)22-17(3,4)5/h7-8,15,20H,6,9-12,18H2,1-5H3,(H,19,21)/b13-7-,14-8-. The Kier molecular flexibility index (Phi) is 9.78. The number of alkyl carbamates (subject to hydrolysis) is 1. The Bertz CT molecular complexity index is 395. The van der Waals surface area contributed by atoms with Crippen LogP contribution in [0.2, 0.25) is 0 Å². The van der Waals surface area contributed by atoms with Crippen LogP contribution in [0, 0.1) is 0 Å². The molecule has 5 heteroatoms. The molecule has 1 amide bonds. The van der Waals surface area contributed by atoms with E-state index < -0.39 is 17.8 Å². The van der Waals surface area contributed by atoms with Crippen LogP contribution in [0.15, 0.2) is 23.3 Å². The van der Waals surface area contributed by atoms with Crippen molar-refractivity contribution in [3.63, 3.8) is 0 Å². The summed E-state index contributed by atoms with van der Waals surface area (Å²) in [7, 11) is 0. The number of nitrogens with two attached hydrogens (primary N) is 1. The van der Waals surface area contributed by atoms with Gasteiger partial charge in [0, 0.05) is 13.1 Å². The van der Waals surface area contributed by atoms with Crippen molar-refractivity contribution < 1.29 is 14.6 Å². The van der Waals surface area contributed by atoms with E-state index >= 15 is 0 Å². The molecular weight excluding hydrogens is 280 g/mol. The molecule has 0 bridgehead atoms. The number of carbonyl (C=O) groups is 1. The molecular formula is C17H32N2O3. The van der Waals surface area contributed by atoms with Crippen LogP contribution in [-0.4, -0.2) is 36.0 Å². The third kappa shape index (κ3) is 9.58. The second-order valence-electron chi connectivity index (χ2n) is 6.24. The quantitative estimate of drug-likeness (QED) is 0.602. The zero-order chi connectivity index (χ0) is 17.2. The molecule has 0 aliphatic carbocycles. The Labute approximate surface area is 134 Å². The normalized spacial score (nSPS) is 14.7. The van der Waals surface area contributed by atoms with Crippen LogP contribution < -0.4 is 11.1 Å². The van der Waals surface area contributed by atoms with Crippen molar-refractivity contribution in [2.75, 3.05) is 13.1 Å². The van der Waals surface area contributed by atoms with Crippen molar-refractivity contribution in [1.29, 1.82) is 0 Å². The topological polar surface area (TPSA) is 84.6 Å². The molecule has 0 aliphatic heterocycles. The summed E-state index contributed by atoms with van der Waals surface area (Å²) >= 11 is 0. The molecule has 0 spiro atoms. The van der Waals surface area contributed by atoms with Gasteiger partial charge in [-0.15, -0.1) is 0 Å². The van der Waals surface area contributed by atoms with E-state index in [-0.39, 0.29) is 6.54 Å². The van der Waals surface area contributed by atoms with Crippen LogP contribution in [0.5, 0.6) is 0 Å². The predicted octanol–water partition coefficient (Wildman–Crippen LogP) is 2.89. The first-order valence-electron chi connectivity index (χ1n) is 7.93. The third-order valence-electron chi connectivity index (χ3n) is 3.05. The van der Waals surface area contributed by atoms with Gasteiger partial charge in [-0.3, -0.25) is 0 Å². The van der Waals surface area contributed by atoms with Gasteiger partial charge in [-0.05, 0) is 58.1 Å². The highest BCUT2D eigenvalue weighted by Gasteiger charge is 2.16. The molecule has 0 fully saturated rings. The zero-order valence-corrected chi connectivity index (χ0v) is 14.6. The monoisotopic (exact) mass is 312 g/mol. The summed E-state index contributed by atoms with van der Waals surface area (Å²) in [5, 5.41) is 12.4. The average Bonchev–Trinajstić information content (AvgIpc) is 2.42. The van der Waals surface area contributed by atoms with Gasteiger partial charge in [0.2, 0.25) is 0 Å². The van der Waals surface area contributed by atoms with Crippen molar-refractivity contribution >= 4 is 6.09 Å². The van der Waals surface area contributed by atoms with Gasteiger partial charge >= 0.3 is 6.09 Å². The van der Waals surface area contributed by atoms with Crippen molar-refractivity contribution in [3.05, 3.63) is 23.3 Å². The van der Waals surface area contributed by atoms with E-state index in [1.807, 2.05) is 33.8 Å². The van der Waals surface area contributed by atoms with Crippen LogP contribution in [0.3, 0.4) is 0 Å². The summed E-state index contributed by atoms with van der Waals surface area (Å²) in [6, 6.07) is 0. The lowest BCUT2D eigenvalue weighted by Crippen LogP contribution is -2.33. The molecule has 0 rings (SSSR count). The average molecular weight is 312 g/mol. The first kappa shape index (κ1) is 20.7. The number of hydrogen-bond donors (Lipinski definition) is 3. The Morgan fingerprint density at radius 2 is 2.00 bits per heavy atom. The SMILES string of the molecule is C/C=C(CNC(=O)OC(C)(C)C)\C(=C/CC)CCC(O)CN. The lowest BCUT2D eigenvalue weighted by Gasteiger charge is -2.21. The van der Waals surface area contributed by atoms with Crippen LogP contribution in [0.25, 0.3) is 0 Å². The summed E-state index contributed by atoms with van der Waals surface area (Å²) < 4.78 is 5.23. The molecule has 0 aromatic heterocycles. The van der Waals surface area contributed by atoms with E-state index in [2.05, 4.69) is 18.3 Å². The van der Waals surface area contributed by atoms with Gasteiger partial charge in [0.05, 0.1) is 6.10 Å². The first-order valence-corrected chi connectivity index (χ1v) is 7.93. The van der Waals surface area contributed by atoms with Gasteiger partial charge in [0.15, 0.2) is 0 Å². The minimum absolute atomic E-state index is 0.265. The van der Waals surface area contributed by atoms with Crippen molar-refractivity contribution in [3.8, 4) is 0 Å². The van der Waals surface area contributed by atoms with Gasteiger partial charge < -0.3 is 20.9 Å². The number of allylic oxidation sites excluding steroid dienone is 2. The maximum atomic E-state index is 11.7. The van der Waals surface area contributed by atoms with Gasteiger partial charge in [-0.25, -0.2) is 4.79 Å². The van der Waals surface area contributed by atoms with Gasteiger partial charge in [-0.1, -0.05) is 19.1 Å². The van der Waals surface area contributed by atoms with Crippen LogP contribution in [-0.2, 0) is 4.74 Å². The Hall–Kier alpha value is -1.33. The highest BCUT2D eigenvalue weighted by molar-refractivity contribution is 5.68. The van der Waals surface area contributed by atoms with E-state index in [1.165, 1.54) is 0 Å². The highest BCUT2D eigenvalue weighted by Crippen LogP contribution is 2.18. The smallest absolute Gasteiger partial charge is 0.407 e. The summed E-state index contributed by atoms with van der Waals surface area (Å²) in [6.45, 7) is 10.2. The maximum absolute atomic E-state index is 11.7. The summed E-state index contributed by atoms with van der Waals surface area (Å²) in [6.07, 6.45) is 5.44. The fourth-order valence-electron chi connectivity index (χ4n) is 1.96. The largest absolute Gasteiger partial charge is 0.444 e. The summed E-state index contributed by atoms with van der Waals surface area (Å²) in [5.74, 6) is 0. The van der Waals surface area contributed by atoms with Crippen molar-refractivity contribution in [2.24, 2.45) is 5.73 Å². The van der Waals surface area contributed by atoms with Crippen LogP contribution >= 0.6 is 0 Å². The molecule has 5 nitrogen and oxygen atoms in total. The minimum atomic E-state index is -0.506. The number of aliphatic hydroxyl groups excluding tert-OH is 1. The molecule has 22 heavy (non-hydrogen) atoms. The number of nitrogens with one attached hydrogen (secondary N) is 1. The molecule has 0 saturated heterocycles. The van der Waals surface area contributed by atoms with E-state index in [9.17, 15) is 9.90 Å². The van der Waals surface area contributed by atoms with Gasteiger partial charge in [0.25, 0.3) is 0 Å². The number of aliphatic hydroxyl groups is 1. The molecule has 0 saturated carbocycles. The Morgan fingerprint density at radius 3 is 2.45 bits per heavy atom. The number of ether oxygens (including phenoxy) is 1. The molecule has 0 radical (unpaired) electrons. The van der Waals surface area contributed by atoms with E-state index in [0.29, 0.717) is 13.0 Å². The molecule has 0 aromatic rings. The Morgan fingerprint density at radius 1 is 1.36 bits per heavy atom. The molecule has 0 heterocycles. The minimum Gasteiger partial charge on any atom is -0.444 e. The number of carbonyl (C=O) groups excluding carboxylic acids is 1. The lowest BCUT2D eigenvalue weighted by atomic mass is 9.98. The van der Waals surface area contributed by atoms with E-state index in [4.69, 9.17) is 10.5 Å². The van der Waals surface area contributed by atoms with E-state index in [1.54, 1.807) is 0 Å². The second-order valence-corrected chi connectivity index (χ2v) is 6.24. The van der Waals surface area contributed by atoms with Crippen molar-refractivity contribution in [1.82, 2.24) is 5.32 Å². The molecule has 0 aliphatic rings. The fourth-order valence-corrected chi connectivity index (χ4v) is 1.96. The third-order valence-corrected chi connectivity index (χ3v) is 3.05. The van der Waals surface area contributed by atoms with Crippen LogP contribution in [0.1, 0.15) is 53.9 Å². The number of rotatable bonds is 8. The number of hydrogen-bond acceptors (Lipinski definition) is 4. The summed E-state index contributed by atoms with van der Waals surface area (Å²) in [4.78, 5) is 11.7. The molecule has 1 unspecified atom stereocenters. The van der Waals surface area contributed by atoms with Gasteiger partial charge in [0.1, 0.15) is 5.60 Å². The first-order chi connectivity index (χ1) is 10.2. The second kappa shape index (κ2) is 10.4. The summed E-state index contributed by atoms with van der Waals surface area (Å²) in [5.41, 5.74) is 7.11. The molecule has 128 valence electrons. The van der Waals surface area contributed by atoms with E-state index in [0.717, 1.165) is 24.0 Å². The van der Waals surface area contributed by atoms with Gasteiger partial charge in [-0.2, -0.15) is 0 Å². The Balaban J connectivity index is 4.63. The highest BCUT2D eigenvalue weighted by atomic mass is 16.6. The fraction of sp³-hybridized carbons (Fsp3) is 0.706. The lowest BCUT2D eigenvalue weighted by molar-refractivity contribution is 0.0533. The zero-order valence-electron chi connectivity index (χ0n) is 14.6. The molecule has 4 N–H and O–H groups in total. The molecule has 1 atom stereocenters. The van der Waals surface area contributed by atoms with Crippen molar-refractivity contribution in [2.45, 2.75) is 65.6 Å². The maximum Gasteiger partial charge on any atom is 0.407 e. The molecule has 0 aromatic carbocycles.